The number of nitrogens with one attached hydrogen (secondary N) is 2. The third-order valence-electron chi connectivity index (χ3n) is 5.51. The third-order valence-corrected chi connectivity index (χ3v) is 5.51. The lowest BCUT2D eigenvalue weighted by Gasteiger charge is -2.32. The van der Waals surface area contributed by atoms with Crippen LogP contribution in [0.5, 0.6) is 0 Å². The largest absolute Gasteiger partial charge is 0.378 e. The minimum Gasteiger partial charge on any atom is -0.378 e. The van der Waals surface area contributed by atoms with Crippen molar-refractivity contribution in [2.24, 2.45) is 0 Å². The Kier molecular flexibility index (Phi) is 5.03. The quantitative estimate of drug-likeness (QED) is 0.872. The van der Waals surface area contributed by atoms with Gasteiger partial charge < -0.3 is 20.3 Å². The predicted octanol–water partition coefficient (Wildman–Crippen LogP) is 1.67. The molecule has 7 nitrogen and oxygen atoms in total. The fourth-order valence-corrected chi connectivity index (χ4v) is 4.19. The number of carbonyl (C=O) groups is 1. The normalized spacial score (nSPS) is 27.0. The number of morpholine rings is 1. The highest BCUT2D eigenvalue weighted by molar-refractivity contribution is 5.89. The van der Waals surface area contributed by atoms with Gasteiger partial charge in [-0.15, -0.1) is 0 Å². The number of rotatable bonds is 3. The Morgan fingerprint density at radius 3 is 2.80 bits per heavy atom. The van der Waals surface area contributed by atoms with Gasteiger partial charge >= 0.3 is 6.03 Å². The lowest BCUT2D eigenvalue weighted by Crippen LogP contribution is -2.47. The van der Waals surface area contributed by atoms with Crippen LogP contribution in [0.4, 0.5) is 16.3 Å². The van der Waals surface area contributed by atoms with Crippen LogP contribution < -0.4 is 15.5 Å². The molecule has 0 aromatic carbocycles. The molecule has 0 radical (unpaired) electrons. The van der Waals surface area contributed by atoms with Gasteiger partial charge in [-0.3, -0.25) is 4.90 Å². The zero-order valence-corrected chi connectivity index (χ0v) is 14.6. The maximum absolute atomic E-state index is 12.3. The van der Waals surface area contributed by atoms with Crippen LogP contribution in [-0.2, 0) is 4.74 Å². The Labute approximate surface area is 148 Å². The molecule has 136 valence electrons. The molecule has 3 fully saturated rings. The van der Waals surface area contributed by atoms with Crippen molar-refractivity contribution >= 4 is 17.5 Å². The molecule has 1 aromatic rings. The lowest BCUT2D eigenvalue weighted by molar-refractivity contribution is 0.122. The number of aromatic nitrogens is 1. The molecule has 2 N–H and O–H groups in total. The summed E-state index contributed by atoms with van der Waals surface area (Å²) in [4.78, 5) is 21.5. The summed E-state index contributed by atoms with van der Waals surface area (Å²) in [6.45, 7) is 5.48. The minimum absolute atomic E-state index is 0.127. The van der Waals surface area contributed by atoms with E-state index in [-0.39, 0.29) is 12.1 Å². The summed E-state index contributed by atoms with van der Waals surface area (Å²) < 4.78 is 5.36. The van der Waals surface area contributed by atoms with E-state index in [4.69, 9.17) is 4.74 Å². The molecule has 7 heteroatoms. The maximum atomic E-state index is 12.3. The molecule has 0 unspecified atom stereocenters. The molecule has 25 heavy (non-hydrogen) atoms. The summed E-state index contributed by atoms with van der Waals surface area (Å²) in [5, 5.41) is 6.08. The van der Waals surface area contributed by atoms with Gasteiger partial charge in [-0.05, 0) is 37.9 Å². The van der Waals surface area contributed by atoms with Crippen LogP contribution in [0.1, 0.15) is 25.7 Å². The van der Waals surface area contributed by atoms with E-state index < -0.39 is 0 Å². The number of hydrogen-bond donors (Lipinski definition) is 2. The fourth-order valence-electron chi connectivity index (χ4n) is 4.19. The van der Waals surface area contributed by atoms with Crippen molar-refractivity contribution in [3.05, 3.63) is 18.3 Å². The summed E-state index contributed by atoms with van der Waals surface area (Å²) in [6, 6.07) is 4.53. The molecule has 3 aliphatic rings. The molecule has 2 atom stereocenters. The van der Waals surface area contributed by atoms with Crippen LogP contribution in [0.15, 0.2) is 18.3 Å². The van der Waals surface area contributed by atoms with Gasteiger partial charge in [0.25, 0.3) is 0 Å². The van der Waals surface area contributed by atoms with E-state index in [0.29, 0.717) is 6.04 Å². The van der Waals surface area contributed by atoms with Gasteiger partial charge in [0.15, 0.2) is 0 Å². The maximum Gasteiger partial charge on any atom is 0.319 e. The number of nitrogens with zero attached hydrogens (tertiary/aromatic N) is 3. The number of anilines is 2. The first-order valence-electron chi connectivity index (χ1n) is 9.40. The Hall–Kier alpha value is -1.86. The standard InChI is InChI=1S/C18H27N5O2/c24-18(21-15-6-8-22-7-2-1-3-16(15)22)20-14-4-5-17(19-13-14)23-9-11-25-12-10-23/h4-5,13,15-16H,1-3,6-12H2,(H2,20,21,24)/t15-,16-/m1/s1. The van der Waals surface area contributed by atoms with E-state index in [1.165, 1.54) is 25.8 Å². The van der Waals surface area contributed by atoms with Crippen LogP contribution in [0.3, 0.4) is 0 Å². The zero-order valence-electron chi connectivity index (χ0n) is 14.6. The summed E-state index contributed by atoms with van der Waals surface area (Å²) >= 11 is 0. The van der Waals surface area contributed by atoms with Crippen molar-refractivity contribution in [3.63, 3.8) is 0 Å². The fraction of sp³-hybridized carbons (Fsp3) is 0.667. The molecule has 4 heterocycles. The average molecular weight is 345 g/mol. The van der Waals surface area contributed by atoms with E-state index >= 15 is 0 Å². The second kappa shape index (κ2) is 7.58. The van der Waals surface area contributed by atoms with Crippen molar-refractivity contribution in [1.82, 2.24) is 15.2 Å². The van der Waals surface area contributed by atoms with Crippen molar-refractivity contribution in [2.45, 2.75) is 37.8 Å². The van der Waals surface area contributed by atoms with Crippen molar-refractivity contribution in [1.29, 1.82) is 0 Å². The molecule has 0 saturated carbocycles. The molecular weight excluding hydrogens is 318 g/mol. The van der Waals surface area contributed by atoms with Crippen LogP contribution in [0.25, 0.3) is 0 Å². The zero-order chi connectivity index (χ0) is 17.1. The van der Waals surface area contributed by atoms with Crippen LogP contribution in [0.2, 0.25) is 0 Å². The van der Waals surface area contributed by atoms with Gasteiger partial charge in [-0.1, -0.05) is 6.42 Å². The van der Waals surface area contributed by atoms with E-state index in [2.05, 4.69) is 25.4 Å². The molecule has 1 aromatic heterocycles. The number of piperidine rings is 1. The number of carbonyl (C=O) groups excluding carboxylic acids is 1. The first-order valence-corrected chi connectivity index (χ1v) is 9.40. The third kappa shape index (κ3) is 3.88. The van der Waals surface area contributed by atoms with Crippen LogP contribution in [0, 0.1) is 0 Å². The highest BCUT2D eigenvalue weighted by Gasteiger charge is 2.36. The number of pyridine rings is 1. The van der Waals surface area contributed by atoms with Crippen LogP contribution in [-0.4, -0.2) is 67.4 Å². The van der Waals surface area contributed by atoms with Gasteiger partial charge in [0.2, 0.25) is 0 Å². The molecule has 0 bridgehead atoms. The van der Waals surface area contributed by atoms with E-state index in [9.17, 15) is 4.79 Å². The van der Waals surface area contributed by atoms with Crippen molar-refractivity contribution in [3.8, 4) is 0 Å². The first-order chi connectivity index (χ1) is 12.3. The molecule has 2 amide bonds. The number of hydrogen-bond acceptors (Lipinski definition) is 5. The highest BCUT2D eigenvalue weighted by Crippen LogP contribution is 2.27. The molecule has 4 rings (SSSR count). The average Bonchev–Trinajstić information content (AvgIpc) is 3.06. The summed E-state index contributed by atoms with van der Waals surface area (Å²) in [5.74, 6) is 0.933. The lowest BCUT2D eigenvalue weighted by atomic mass is 9.99. The SMILES string of the molecule is O=C(Nc1ccc(N2CCOCC2)nc1)N[C@@H]1CCN2CCCC[C@H]12. The topological polar surface area (TPSA) is 69.7 Å². The second-order valence-electron chi connectivity index (χ2n) is 7.10. The number of ether oxygens (including phenoxy) is 1. The smallest absolute Gasteiger partial charge is 0.319 e. The Balaban J connectivity index is 1.30. The molecule has 0 spiro atoms. The predicted molar refractivity (Wildman–Crippen MR) is 97.0 cm³/mol. The van der Waals surface area contributed by atoms with E-state index in [1.807, 2.05) is 12.1 Å². The molecular formula is C18H27N5O2. The van der Waals surface area contributed by atoms with Crippen LogP contribution >= 0.6 is 0 Å². The van der Waals surface area contributed by atoms with E-state index in [0.717, 1.165) is 50.8 Å². The summed E-state index contributed by atoms with van der Waals surface area (Å²) in [7, 11) is 0. The molecule has 0 aliphatic carbocycles. The van der Waals surface area contributed by atoms with Gasteiger partial charge in [0.05, 0.1) is 25.1 Å². The van der Waals surface area contributed by atoms with Gasteiger partial charge in [-0.25, -0.2) is 9.78 Å². The van der Waals surface area contributed by atoms with Gasteiger partial charge in [0, 0.05) is 31.7 Å². The van der Waals surface area contributed by atoms with Gasteiger partial charge in [0.1, 0.15) is 5.82 Å². The summed E-state index contributed by atoms with van der Waals surface area (Å²) in [6.07, 6.45) is 6.53. The molecule has 3 aliphatic heterocycles. The summed E-state index contributed by atoms with van der Waals surface area (Å²) in [5.41, 5.74) is 0.730. The van der Waals surface area contributed by atoms with Crippen molar-refractivity contribution in [2.75, 3.05) is 49.6 Å². The first kappa shape index (κ1) is 16.6. The Bertz CT molecular complexity index is 588. The number of fused-ring (bicyclic) bond motifs is 1. The Morgan fingerprint density at radius 2 is 2.00 bits per heavy atom. The minimum atomic E-state index is -0.127. The highest BCUT2D eigenvalue weighted by atomic mass is 16.5. The monoisotopic (exact) mass is 345 g/mol. The Morgan fingerprint density at radius 1 is 1.12 bits per heavy atom. The van der Waals surface area contributed by atoms with Crippen molar-refractivity contribution < 1.29 is 9.53 Å². The molecule has 3 saturated heterocycles. The van der Waals surface area contributed by atoms with Gasteiger partial charge in [-0.2, -0.15) is 0 Å². The second-order valence-corrected chi connectivity index (χ2v) is 7.10. The number of amides is 2. The number of urea groups is 1. The van der Waals surface area contributed by atoms with E-state index in [1.54, 1.807) is 6.20 Å².